The van der Waals surface area contributed by atoms with E-state index in [0.717, 1.165) is 18.4 Å². The zero-order valence-electron chi connectivity index (χ0n) is 19.2. The van der Waals surface area contributed by atoms with E-state index in [2.05, 4.69) is 32.1 Å². The number of ether oxygens (including phenoxy) is 1. The lowest BCUT2D eigenvalue weighted by atomic mass is 9.53. The summed E-state index contributed by atoms with van der Waals surface area (Å²) in [5, 5.41) is 0. The van der Waals surface area contributed by atoms with Crippen molar-refractivity contribution in [2.24, 2.45) is 29.1 Å². The molecule has 0 spiro atoms. The van der Waals surface area contributed by atoms with E-state index in [1.54, 1.807) is 12.1 Å². The summed E-state index contributed by atoms with van der Waals surface area (Å²) in [5.41, 5.74) is 3.05. The molecule has 0 radical (unpaired) electrons. The van der Waals surface area contributed by atoms with Crippen molar-refractivity contribution < 1.29 is 14.3 Å². The van der Waals surface area contributed by atoms with E-state index in [4.69, 9.17) is 4.74 Å². The maximum atomic E-state index is 13.4. The van der Waals surface area contributed by atoms with Crippen molar-refractivity contribution >= 4 is 11.8 Å². The predicted molar refractivity (Wildman–Crippen MR) is 127 cm³/mol. The fourth-order valence-corrected chi connectivity index (χ4v) is 5.58. The molecule has 2 aromatic carbocycles. The molecule has 0 aliphatic heterocycles. The smallest absolute Gasteiger partial charge is 0.317 e. The number of esters is 1. The molecule has 0 heterocycles. The van der Waals surface area contributed by atoms with Crippen molar-refractivity contribution in [3.05, 3.63) is 95.6 Å². The van der Waals surface area contributed by atoms with Gasteiger partial charge in [0.25, 0.3) is 0 Å². The van der Waals surface area contributed by atoms with Crippen LogP contribution >= 0.6 is 0 Å². The van der Waals surface area contributed by atoms with Crippen LogP contribution in [0.2, 0.25) is 0 Å². The highest BCUT2D eigenvalue weighted by atomic mass is 16.5. The van der Waals surface area contributed by atoms with Gasteiger partial charge < -0.3 is 4.74 Å². The minimum absolute atomic E-state index is 0.139. The number of carbonyl (C=O) groups excluding carboxylic acids is 2. The minimum atomic E-state index is -0.816. The van der Waals surface area contributed by atoms with Gasteiger partial charge in [-0.1, -0.05) is 105 Å². The number of hydrogen-bond donors (Lipinski definition) is 0. The SMILES string of the molecule is CC1C=CCC2(C)C=C(CC(C)C(C(=O)OCc3ccccc3)C(=O)c3ccccc3)C12. The molecule has 4 rings (SSSR count). The number of rotatable bonds is 8. The van der Waals surface area contributed by atoms with Crippen molar-refractivity contribution in [2.45, 2.75) is 40.2 Å². The first-order chi connectivity index (χ1) is 15.4. The van der Waals surface area contributed by atoms with Crippen LogP contribution in [-0.4, -0.2) is 11.8 Å². The van der Waals surface area contributed by atoms with E-state index in [1.165, 1.54) is 5.57 Å². The molecule has 0 bridgehead atoms. The molecule has 0 N–H and O–H groups in total. The first-order valence-electron chi connectivity index (χ1n) is 11.6. The third kappa shape index (κ3) is 4.48. The Labute approximate surface area is 191 Å². The van der Waals surface area contributed by atoms with Gasteiger partial charge in [-0.05, 0) is 41.6 Å². The molecule has 0 fully saturated rings. The van der Waals surface area contributed by atoms with Crippen molar-refractivity contribution in [2.75, 3.05) is 0 Å². The van der Waals surface area contributed by atoms with Gasteiger partial charge in [0.2, 0.25) is 0 Å². The molecule has 3 nitrogen and oxygen atoms in total. The normalized spacial score (nSPS) is 25.7. The third-order valence-corrected chi connectivity index (χ3v) is 7.09. The monoisotopic (exact) mass is 428 g/mol. The lowest BCUT2D eigenvalue weighted by molar-refractivity contribution is -0.149. The molecular formula is C29H32O3. The molecule has 2 aliphatic carbocycles. The van der Waals surface area contributed by atoms with Crippen LogP contribution in [0.4, 0.5) is 0 Å². The Hall–Kier alpha value is -2.94. The highest BCUT2D eigenvalue weighted by Crippen LogP contribution is 2.55. The van der Waals surface area contributed by atoms with Crippen LogP contribution in [0, 0.1) is 29.1 Å². The topological polar surface area (TPSA) is 43.4 Å². The number of benzene rings is 2. The van der Waals surface area contributed by atoms with Crippen LogP contribution in [0.1, 0.15) is 49.5 Å². The van der Waals surface area contributed by atoms with Crippen molar-refractivity contribution in [1.29, 1.82) is 0 Å². The molecule has 166 valence electrons. The second kappa shape index (κ2) is 9.28. The maximum Gasteiger partial charge on any atom is 0.317 e. The molecule has 2 aliphatic rings. The molecule has 0 saturated carbocycles. The van der Waals surface area contributed by atoms with E-state index in [-0.39, 0.29) is 23.7 Å². The maximum absolute atomic E-state index is 13.4. The number of Topliss-reactive ketones (excluding diaryl/α,β-unsaturated/α-hetero) is 1. The number of hydrogen-bond acceptors (Lipinski definition) is 3. The van der Waals surface area contributed by atoms with Gasteiger partial charge in [-0.15, -0.1) is 0 Å². The lowest BCUT2D eigenvalue weighted by Crippen LogP contribution is -2.42. The summed E-state index contributed by atoms with van der Waals surface area (Å²) in [6.45, 7) is 6.76. The van der Waals surface area contributed by atoms with E-state index in [0.29, 0.717) is 17.4 Å². The van der Waals surface area contributed by atoms with E-state index in [9.17, 15) is 9.59 Å². The highest BCUT2D eigenvalue weighted by molar-refractivity contribution is 6.08. The molecule has 0 amide bonds. The highest BCUT2D eigenvalue weighted by Gasteiger charge is 2.47. The molecule has 0 aromatic heterocycles. The fraction of sp³-hybridized carbons (Fsp3) is 0.379. The van der Waals surface area contributed by atoms with Gasteiger partial charge in [0.15, 0.2) is 5.78 Å². The average Bonchev–Trinajstić information content (AvgIpc) is 2.78. The number of carbonyl (C=O) groups is 2. The summed E-state index contributed by atoms with van der Waals surface area (Å²) in [6.07, 6.45) is 8.74. The molecule has 3 heteroatoms. The minimum Gasteiger partial charge on any atom is -0.460 e. The molecular weight excluding hydrogens is 396 g/mol. The zero-order chi connectivity index (χ0) is 22.7. The van der Waals surface area contributed by atoms with Crippen LogP contribution in [0.5, 0.6) is 0 Å². The molecule has 5 atom stereocenters. The zero-order valence-corrected chi connectivity index (χ0v) is 19.2. The van der Waals surface area contributed by atoms with E-state index < -0.39 is 11.9 Å². The summed E-state index contributed by atoms with van der Waals surface area (Å²) in [6, 6.07) is 18.7. The molecule has 2 aromatic rings. The Morgan fingerprint density at radius 3 is 2.38 bits per heavy atom. The number of allylic oxidation sites excluding steroid dienone is 4. The van der Waals surface area contributed by atoms with Crippen molar-refractivity contribution in [3.8, 4) is 0 Å². The van der Waals surface area contributed by atoms with Crippen molar-refractivity contribution in [1.82, 2.24) is 0 Å². The number of ketones is 1. The third-order valence-electron chi connectivity index (χ3n) is 7.09. The van der Waals surface area contributed by atoms with Gasteiger partial charge in [-0.25, -0.2) is 0 Å². The first-order valence-corrected chi connectivity index (χ1v) is 11.6. The van der Waals surface area contributed by atoms with Crippen LogP contribution in [-0.2, 0) is 16.1 Å². The summed E-state index contributed by atoms with van der Waals surface area (Å²) < 4.78 is 5.64. The van der Waals surface area contributed by atoms with Crippen LogP contribution in [0.25, 0.3) is 0 Å². The Morgan fingerprint density at radius 2 is 1.72 bits per heavy atom. The Balaban J connectivity index is 1.52. The Kier molecular flexibility index (Phi) is 6.45. The van der Waals surface area contributed by atoms with Gasteiger partial charge >= 0.3 is 5.97 Å². The fourth-order valence-electron chi connectivity index (χ4n) is 5.58. The van der Waals surface area contributed by atoms with Crippen LogP contribution in [0.15, 0.2) is 84.5 Å². The van der Waals surface area contributed by atoms with Gasteiger partial charge in [0, 0.05) is 5.56 Å². The quantitative estimate of drug-likeness (QED) is 0.211. The first kappa shape index (κ1) is 22.3. The van der Waals surface area contributed by atoms with Crippen LogP contribution in [0.3, 0.4) is 0 Å². The second-order valence-electron chi connectivity index (χ2n) is 9.68. The summed E-state index contributed by atoms with van der Waals surface area (Å²) in [4.78, 5) is 26.6. The summed E-state index contributed by atoms with van der Waals surface area (Å²) >= 11 is 0. The summed E-state index contributed by atoms with van der Waals surface area (Å²) in [5.74, 6) is -0.579. The Bertz CT molecular complexity index is 1020. The average molecular weight is 429 g/mol. The van der Waals surface area contributed by atoms with Gasteiger partial charge in [-0.3, -0.25) is 9.59 Å². The van der Waals surface area contributed by atoms with Crippen LogP contribution < -0.4 is 0 Å². The number of fused-ring (bicyclic) bond motifs is 1. The standard InChI is InChI=1S/C29H32O3/c1-20-11-10-16-29(3)18-24(26(20)29)17-21(2)25(27(30)23-14-8-5-9-15-23)28(31)32-19-22-12-6-4-7-13-22/h4-15,18,20-21,25-26H,16-17,19H2,1-3H3. The second-order valence-corrected chi connectivity index (χ2v) is 9.68. The summed E-state index contributed by atoms with van der Waals surface area (Å²) in [7, 11) is 0. The largest absolute Gasteiger partial charge is 0.460 e. The molecule has 32 heavy (non-hydrogen) atoms. The van der Waals surface area contributed by atoms with Gasteiger partial charge in [0.05, 0.1) is 0 Å². The molecule has 5 unspecified atom stereocenters. The van der Waals surface area contributed by atoms with E-state index in [1.807, 2.05) is 55.5 Å². The lowest BCUT2D eigenvalue weighted by Gasteiger charge is -2.51. The predicted octanol–water partition coefficient (Wildman–Crippen LogP) is 6.41. The van der Waals surface area contributed by atoms with Gasteiger partial charge in [0.1, 0.15) is 12.5 Å². The Morgan fingerprint density at radius 1 is 1.06 bits per heavy atom. The van der Waals surface area contributed by atoms with Gasteiger partial charge in [-0.2, -0.15) is 0 Å². The van der Waals surface area contributed by atoms with E-state index >= 15 is 0 Å². The van der Waals surface area contributed by atoms with Crippen molar-refractivity contribution in [3.63, 3.8) is 0 Å². The molecule has 0 saturated heterocycles.